The smallest absolute Gasteiger partial charge is 0.247 e. The minimum absolute atomic E-state index is 0.0358. The first kappa shape index (κ1) is 27.5. The topological polar surface area (TPSA) is 139 Å². The maximum absolute atomic E-state index is 14.0. The molecule has 0 saturated heterocycles. The number of nitrogens with one attached hydrogen (secondary N) is 1. The molecule has 1 aromatic carbocycles. The van der Waals surface area contributed by atoms with Gasteiger partial charge in [-0.25, -0.2) is 0 Å². The number of aldehydes is 1. The lowest BCUT2D eigenvalue weighted by Gasteiger charge is -2.41. The molecule has 0 radical (unpaired) electrons. The first-order valence-corrected chi connectivity index (χ1v) is 14.3. The van der Waals surface area contributed by atoms with Gasteiger partial charge in [-0.05, 0) is 61.3 Å². The molecule has 3 N–H and O–H groups in total. The lowest BCUT2D eigenvalue weighted by molar-refractivity contribution is -0.139. The van der Waals surface area contributed by atoms with Gasteiger partial charge in [0.15, 0.2) is 11.5 Å². The summed E-state index contributed by atoms with van der Waals surface area (Å²) in [5.74, 6) is 0.998. The van der Waals surface area contributed by atoms with Crippen molar-refractivity contribution in [2.75, 3.05) is 20.3 Å². The Bertz CT molecular complexity index is 1340. The molecule has 41 heavy (non-hydrogen) atoms. The molecule has 2 heterocycles. The lowest BCUT2D eigenvalue weighted by atomic mass is 9.77. The maximum Gasteiger partial charge on any atom is 0.247 e. The minimum Gasteiger partial charge on any atom is -0.493 e. The Kier molecular flexibility index (Phi) is 7.61. The van der Waals surface area contributed by atoms with E-state index in [4.69, 9.17) is 13.9 Å². The van der Waals surface area contributed by atoms with Gasteiger partial charge in [-0.15, -0.1) is 0 Å². The number of fused-ring (bicyclic) bond motifs is 5. The van der Waals surface area contributed by atoms with Crippen LogP contribution < -0.4 is 14.8 Å². The van der Waals surface area contributed by atoms with E-state index in [9.17, 15) is 24.6 Å². The number of benzene rings is 1. The second-order valence-corrected chi connectivity index (χ2v) is 11.7. The fourth-order valence-corrected chi connectivity index (χ4v) is 7.47. The highest BCUT2D eigenvalue weighted by molar-refractivity contribution is 5.96. The summed E-state index contributed by atoms with van der Waals surface area (Å²) < 4.78 is 17.0. The first-order valence-electron chi connectivity index (χ1n) is 14.3. The Morgan fingerprint density at radius 1 is 1.24 bits per heavy atom. The van der Waals surface area contributed by atoms with E-state index in [0.717, 1.165) is 18.4 Å². The molecule has 7 unspecified atom stereocenters. The average Bonchev–Trinajstić information content (AvgIpc) is 3.79. The number of hydrogen-bond donors (Lipinski definition) is 3. The van der Waals surface area contributed by atoms with E-state index in [1.165, 1.54) is 20.0 Å². The largest absolute Gasteiger partial charge is 0.493 e. The molecule has 2 bridgehead atoms. The van der Waals surface area contributed by atoms with Crippen molar-refractivity contribution in [3.8, 4) is 11.5 Å². The molecule has 0 spiro atoms. The van der Waals surface area contributed by atoms with Crippen molar-refractivity contribution in [2.24, 2.45) is 17.8 Å². The third kappa shape index (κ3) is 5.04. The Balaban J connectivity index is 1.39. The van der Waals surface area contributed by atoms with E-state index in [-0.39, 0.29) is 25.6 Å². The molecule has 1 aliphatic heterocycles. The van der Waals surface area contributed by atoms with Crippen LogP contribution in [0.3, 0.4) is 0 Å². The van der Waals surface area contributed by atoms with Crippen LogP contribution in [0.25, 0.3) is 0 Å². The summed E-state index contributed by atoms with van der Waals surface area (Å²) in [5, 5.41) is 23.9. The highest BCUT2D eigenvalue weighted by atomic mass is 16.5. The Morgan fingerprint density at radius 2 is 2.10 bits per heavy atom. The van der Waals surface area contributed by atoms with E-state index in [2.05, 4.69) is 5.32 Å². The van der Waals surface area contributed by atoms with E-state index in [0.29, 0.717) is 58.7 Å². The van der Waals surface area contributed by atoms with Gasteiger partial charge in [-0.2, -0.15) is 0 Å². The van der Waals surface area contributed by atoms with Gasteiger partial charge in [0.25, 0.3) is 0 Å². The fraction of sp³-hybridized carbons (Fsp3) is 0.516. The van der Waals surface area contributed by atoms with Gasteiger partial charge in [0.05, 0.1) is 38.2 Å². The van der Waals surface area contributed by atoms with Crippen molar-refractivity contribution in [2.45, 2.75) is 62.8 Å². The molecule has 2 saturated carbocycles. The normalized spacial score (nSPS) is 29.2. The van der Waals surface area contributed by atoms with Crippen LogP contribution >= 0.6 is 0 Å². The number of aliphatic hydroxyl groups excluding tert-OH is 2. The quantitative estimate of drug-likeness (QED) is 0.375. The van der Waals surface area contributed by atoms with Gasteiger partial charge in [0, 0.05) is 41.8 Å². The predicted molar refractivity (Wildman–Crippen MR) is 146 cm³/mol. The van der Waals surface area contributed by atoms with Crippen molar-refractivity contribution in [3.05, 3.63) is 59.1 Å². The van der Waals surface area contributed by atoms with Gasteiger partial charge in [-0.1, -0.05) is 6.42 Å². The summed E-state index contributed by atoms with van der Waals surface area (Å²) in [4.78, 5) is 40.8. The Labute approximate surface area is 238 Å². The molecular formula is C31H36N2O8. The highest BCUT2D eigenvalue weighted by Gasteiger charge is 2.52. The standard InChI is InChI=1S/C31H36N2O8/c1-39-25-11-19(15-35)10-22-27-23(31(38)32-5-6-34)13-24(28(37)30(27)41-29(22)25)33(14-18-4-7-40-16-18)26(36)12-21-9-17-2-3-20(21)8-17/h4,7,10-11,13,15-17,20-21,24,27-28,30,34,37H,2-3,5-6,8-9,12,14H2,1H3,(H,32,38). The van der Waals surface area contributed by atoms with Crippen molar-refractivity contribution in [1.29, 1.82) is 0 Å². The number of amides is 2. The maximum atomic E-state index is 14.0. The molecule has 2 fully saturated rings. The molecule has 4 aliphatic rings. The second-order valence-electron chi connectivity index (χ2n) is 11.7. The van der Waals surface area contributed by atoms with Gasteiger partial charge >= 0.3 is 0 Å². The van der Waals surface area contributed by atoms with Gasteiger partial charge in [0.1, 0.15) is 18.5 Å². The monoisotopic (exact) mass is 564 g/mol. The van der Waals surface area contributed by atoms with Crippen LogP contribution in [0.2, 0.25) is 0 Å². The van der Waals surface area contributed by atoms with E-state index in [1.807, 2.05) is 0 Å². The molecule has 1 aromatic heterocycles. The number of rotatable bonds is 10. The molecule has 2 amide bonds. The Morgan fingerprint density at radius 3 is 2.76 bits per heavy atom. The highest BCUT2D eigenvalue weighted by Crippen LogP contribution is 2.52. The van der Waals surface area contributed by atoms with Crippen LogP contribution in [-0.4, -0.2) is 71.7 Å². The SMILES string of the molecule is COc1cc(C=O)cc2c1OC1C2C(C(=O)NCCO)=CC(N(Cc2ccoc2)C(=O)CC2CC3CCC2C3)C1O. The summed E-state index contributed by atoms with van der Waals surface area (Å²) in [6, 6.07) is 4.10. The van der Waals surface area contributed by atoms with E-state index >= 15 is 0 Å². The van der Waals surface area contributed by atoms with Crippen molar-refractivity contribution < 1.29 is 38.5 Å². The number of carbonyl (C=O) groups is 3. The molecule has 10 heteroatoms. The molecule has 10 nitrogen and oxygen atoms in total. The zero-order chi connectivity index (χ0) is 28.7. The van der Waals surface area contributed by atoms with Crippen LogP contribution in [0.15, 0.2) is 46.8 Å². The molecular weight excluding hydrogens is 528 g/mol. The van der Waals surface area contributed by atoms with Crippen LogP contribution in [0.4, 0.5) is 0 Å². The first-order chi connectivity index (χ1) is 19.9. The number of nitrogens with zero attached hydrogens (tertiary/aromatic N) is 1. The summed E-state index contributed by atoms with van der Waals surface area (Å²) in [5.41, 5.74) is 1.97. The zero-order valence-corrected chi connectivity index (χ0v) is 23.0. The number of ether oxygens (including phenoxy) is 2. The summed E-state index contributed by atoms with van der Waals surface area (Å²) in [7, 11) is 1.46. The van der Waals surface area contributed by atoms with Crippen molar-refractivity contribution in [1.82, 2.24) is 10.2 Å². The number of aliphatic hydroxyl groups is 2. The summed E-state index contributed by atoms with van der Waals surface area (Å²) in [6.45, 7) is -0.0129. The molecule has 3 aliphatic carbocycles. The zero-order valence-electron chi connectivity index (χ0n) is 23.0. The van der Waals surface area contributed by atoms with Crippen LogP contribution in [-0.2, 0) is 16.1 Å². The number of methoxy groups -OCH3 is 1. The summed E-state index contributed by atoms with van der Waals surface area (Å²) >= 11 is 0. The molecule has 218 valence electrons. The van der Waals surface area contributed by atoms with Gasteiger partial charge in [-0.3, -0.25) is 14.4 Å². The molecule has 2 aromatic rings. The fourth-order valence-electron chi connectivity index (χ4n) is 7.47. The molecule has 6 rings (SSSR count). The van der Waals surface area contributed by atoms with Crippen molar-refractivity contribution in [3.63, 3.8) is 0 Å². The van der Waals surface area contributed by atoms with Crippen LogP contribution in [0, 0.1) is 17.8 Å². The molecule has 7 atom stereocenters. The minimum atomic E-state index is -1.18. The summed E-state index contributed by atoms with van der Waals surface area (Å²) in [6.07, 6.45) is 8.37. The van der Waals surface area contributed by atoms with Crippen LogP contribution in [0.5, 0.6) is 11.5 Å². The second kappa shape index (κ2) is 11.3. The number of carbonyl (C=O) groups excluding carboxylic acids is 3. The van der Waals surface area contributed by atoms with Crippen LogP contribution in [0.1, 0.15) is 59.5 Å². The average molecular weight is 565 g/mol. The van der Waals surface area contributed by atoms with Gasteiger partial charge < -0.3 is 34.3 Å². The third-order valence-corrected chi connectivity index (χ3v) is 9.35. The van der Waals surface area contributed by atoms with E-state index < -0.39 is 30.1 Å². The van der Waals surface area contributed by atoms with Crippen molar-refractivity contribution >= 4 is 18.1 Å². The third-order valence-electron chi connectivity index (χ3n) is 9.35. The number of furan rings is 1. The predicted octanol–water partition coefficient (Wildman–Crippen LogP) is 2.58. The van der Waals surface area contributed by atoms with E-state index in [1.54, 1.807) is 41.7 Å². The Hall–Kier alpha value is -3.63. The lowest BCUT2D eigenvalue weighted by Crippen LogP contribution is -2.55. The number of hydrogen-bond acceptors (Lipinski definition) is 8. The van der Waals surface area contributed by atoms with Gasteiger partial charge in [0.2, 0.25) is 11.8 Å².